The molecule has 0 saturated heterocycles. The Morgan fingerprint density at radius 3 is 2.35 bits per heavy atom. The van der Waals surface area contributed by atoms with Crippen molar-refractivity contribution in [2.45, 2.75) is 31.9 Å². The number of carbonyl (C=O) groups excluding carboxylic acids is 1. The number of amides is 1. The third-order valence-electron chi connectivity index (χ3n) is 4.48. The van der Waals surface area contributed by atoms with Crippen LogP contribution in [0.15, 0.2) is 41.4 Å². The maximum Gasteiger partial charge on any atom is 0.573 e. The van der Waals surface area contributed by atoms with E-state index >= 15 is 0 Å². The van der Waals surface area contributed by atoms with Crippen molar-refractivity contribution in [2.75, 3.05) is 0 Å². The van der Waals surface area contributed by atoms with Gasteiger partial charge in [-0.2, -0.15) is 18.2 Å². The van der Waals surface area contributed by atoms with Gasteiger partial charge in [0.1, 0.15) is 17.6 Å². The summed E-state index contributed by atoms with van der Waals surface area (Å²) in [5.41, 5.74) is -2.09. The lowest BCUT2D eigenvalue weighted by atomic mass is 10.1. The van der Waals surface area contributed by atoms with Gasteiger partial charge in [-0.05, 0) is 42.8 Å². The first-order valence-electron chi connectivity index (χ1n) is 9.30. The average Bonchev–Trinajstić information content (AvgIpc) is 3.03. The molecule has 0 fully saturated rings. The Bertz CT molecular complexity index is 1330. The zero-order valence-electron chi connectivity index (χ0n) is 16.9. The Morgan fingerprint density at radius 2 is 1.79 bits per heavy atom. The van der Waals surface area contributed by atoms with Crippen LogP contribution in [0.2, 0.25) is 0 Å². The van der Waals surface area contributed by atoms with Gasteiger partial charge in [0.2, 0.25) is 0 Å². The fourth-order valence-electron chi connectivity index (χ4n) is 3.10. The van der Waals surface area contributed by atoms with Gasteiger partial charge < -0.3 is 14.4 Å². The molecule has 0 spiro atoms. The van der Waals surface area contributed by atoms with Crippen LogP contribution in [-0.4, -0.2) is 27.9 Å². The van der Waals surface area contributed by atoms with Gasteiger partial charge >= 0.3 is 18.5 Å². The molecule has 34 heavy (non-hydrogen) atoms. The topological polar surface area (TPSA) is 80.9 Å². The van der Waals surface area contributed by atoms with Gasteiger partial charge in [-0.25, -0.2) is 9.18 Å². The third kappa shape index (κ3) is 5.55. The molecule has 14 heteroatoms. The first-order valence-corrected chi connectivity index (χ1v) is 10.1. The molecule has 1 heterocycles. The van der Waals surface area contributed by atoms with Gasteiger partial charge in [0, 0.05) is 5.56 Å². The summed E-state index contributed by atoms with van der Waals surface area (Å²) < 4.78 is 95.2. The predicted molar refractivity (Wildman–Crippen MR) is 105 cm³/mol. The van der Waals surface area contributed by atoms with E-state index in [0.29, 0.717) is 23.5 Å². The number of carbonyl (C=O) groups is 2. The Labute approximate surface area is 189 Å². The second-order valence-electron chi connectivity index (χ2n) is 6.84. The summed E-state index contributed by atoms with van der Waals surface area (Å²) in [7, 11) is 0. The van der Waals surface area contributed by atoms with Crippen LogP contribution < -0.4 is 9.54 Å². The van der Waals surface area contributed by atoms with Gasteiger partial charge in [-0.1, -0.05) is 18.3 Å². The first-order chi connectivity index (χ1) is 15.7. The van der Waals surface area contributed by atoms with Crippen LogP contribution in [0.4, 0.5) is 30.7 Å². The van der Waals surface area contributed by atoms with Gasteiger partial charge in [0.25, 0.3) is 5.91 Å². The van der Waals surface area contributed by atoms with E-state index in [1.165, 1.54) is 6.92 Å². The molecule has 2 aromatic carbocycles. The molecule has 182 valence electrons. The third-order valence-corrected chi connectivity index (χ3v) is 5.50. The number of halogens is 7. The summed E-state index contributed by atoms with van der Waals surface area (Å²) in [4.78, 5) is 27.7. The van der Waals surface area contributed by atoms with Crippen molar-refractivity contribution in [1.29, 1.82) is 0 Å². The second-order valence-corrected chi connectivity index (χ2v) is 7.85. The Hall–Kier alpha value is -3.42. The van der Waals surface area contributed by atoms with Gasteiger partial charge in [0.15, 0.2) is 4.80 Å². The molecular weight excluding hydrogens is 497 g/mol. The monoisotopic (exact) mass is 510 g/mol. The number of ether oxygens (including phenoxy) is 1. The summed E-state index contributed by atoms with van der Waals surface area (Å²) >= 11 is 0.611. The zero-order chi connectivity index (χ0) is 25.4. The summed E-state index contributed by atoms with van der Waals surface area (Å²) in [6, 6.07) is 2.81. The predicted octanol–water partition coefficient (Wildman–Crippen LogP) is 5.54. The number of rotatable bonds is 5. The van der Waals surface area contributed by atoms with E-state index in [0.717, 1.165) is 22.8 Å². The maximum atomic E-state index is 13.7. The number of fused-ring (bicyclic) bond motifs is 1. The lowest BCUT2D eigenvalue weighted by Gasteiger charge is -2.14. The average molecular weight is 510 g/mol. The van der Waals surface area contributed by atoms with Crippen LogP contribution in [0.3, 0.4) is 0 Å². The normalized spacial score (nSPS) is 13.8. The van der Waals surface area contributed by atoms with Crippen molar-refractivity contribution in [1.82, 2.24) is 4.57 Å². The quantitative estimate of drug-likeness (QED) is 0.458. The van der Waals surface area contributed by atoms with Crippen LogP contribution >= 0.6 is 11.3 Å². The minimum atomic E-state index is -5.00. The van der Waals surface area contributed by atoms with Crippen molar-refractivity contribution in [3.05, 3.63) is 58.1 Å². The maximum absolute atomic E-state index is 13.7. The number of hydrogen-bond acceptors (Lipinski definition) is 4. The Morgan fingerprint density at radius 1 is 1.12 bits per heavy atom. The fraction of sp³-hybridized carbons (Fsp3) is 0.250. The van der Waals surface area contributed by atoms with Gasteiger partial charge in [0.05, 0.1) is 15.8 Å². The van der Waals surface area contributed by atoms with Gasteiger partial charge in [-0.3, -0.25) is 4.79 Å². The molecule has 3 aromatic rings. The minimum absolute atomic E-state index is 0.0263. The standard InChI is InChI=1S/C20H13F7N2O4S/c1-2-13(17(31)32)29-14-4-3-12(33-20(25,26)27)8-15(14)34-18(29)28-16(30)9-5-10(19(22,23)24)7-11(21)6-9/h3-8,13H,2H2,1H3,(H,31,32). The van der Waals surface area contributed by atoms with Crippen molar-refractivity contribution in [3.63, 3.8) is 0 Å². The van der Waals surface area contributed by atoms with Crippen molar-refractivity contribution >= 4 is 33.4 Å². The number of hydrogen-bond donors (Lipinski definition) is 1. The van der Waals surface area contributed by atoms with E-state index in [4.69, 9.17) is 0 Å². The molecule has 0 aliphatic carbocycles. The molecular formula is C20H13F7N2O4S. The first kappa shape index (κ1) is 25.2. The number of aromatic nitrogens is 1. The Kier molecular flexibility index (Phi) is 6.73. The van der Waals surface area contributed by atoms with Crippen LogP contribution in [0.25, 0.3) is 10.2 Å². The lowest BCUT2D eigenvalue weighted by molar-refractivity contribution is -0.274. The molecule has 1 N–H and O–H groups in total. The number of aliphatic carboxylic acids is 1. The minimum Gasteiger partial charge on any atom is -0.480 e. The fourth-order valence-corrected chi connectivity index (χ4v) is 4.19. The highest BCUT2D eigenvalue weighted by atomic mass is 32.1. The van der Waals surface area contributed by atoms with E-state index in [9.17, 15) is 45.4 Å². The highest BCUT2D eigenvalue weighted by Crippen LogP contribution is 2.32. The van der Waals surface area contributed by atoms with Crippen LogP contribution in [-0.2, 0) is 11.0 Å². The molecule has 0 bridgehead atoms. The van der Waals surface area contributed by atoms with E-state index in [1.807, 2.05) is 0 Å². The number of alkyl halides is 6. The van der Waals surface area contributed by atoms with Crippen LogP contribution in [0.1, 0.15) is 35.3 Å². The number of nitrogens with zero attached hydrogens (tertiary/aromatic N) is 2. The van der Waals surface area contributed by atoms with Crippen molar-refractivity contribution < 1.29 is 50.2 Å². The van der Waals surface area contributed by atoms with Crippen LogP contribution in [0, 0.1) is 5.82 Å². The zero-order valence-corrected chi connectivity index (χ0v) is 17.7. The SMILES string of the molecule is CCC(C(=O)O)n1c(=NC(=O)c2cc(F)cc(C(F)(F)F)c2)sc2cc(OC(F)(F)F)ccc21. The van der Waals surface area contributed by atoms with Crippen LogP contribution in [0.5, 0.6) is 5.75 Å². The molecule has 3 rings (SSSR count). The molecule has 1 amide bonds. The Balaban J connectivity index is 2.21. The number of carboxylic acids is 1. The molecule has 0 saturated carbocycles. The largest absolute Gasteiger partial charge is 0.573 e. The number of benzene rings is 2. The van der Waals surface area contributed by atoms with Crippen molar-refractivity contribution in [3.8, 4) is 5.75 Å². The summed E-state index contributed by atoms with van der Waals surface area (Å²) in [5, 5.41) is 9.56. The number of thiazole rings is 1. The molecule has 0 aliphatic heterocycles. The smallest absolute Gasteiger partial charge is 0.480 e. The summed E-state index contributed by atoms with van der Waals surface area (Å²) in [5.74, 6) is -4.62. The lowest BCUT2D eigenvalue weighted by Crippen LogP contribution is -2.27. The molecule has 1 unspecified atom stereocenters. The van der Waals surface area contributed by atoms with E-state index in [-0.39, 0.29) is 27.5 Å². The number of carboxylic acid groups (broad SMARTS) is 1. The molecule has 0 radical (unpaired) electrons. The highest BCUT2D eigenvalue weighted by Gasteiger charge is 2.33. The summed E-state index contributed by atoms with van der Waals surface area (Å²) in [6.07, 6.45) is -9.97. The van der Waals surface area contributed by atoms with E-state index in [1.54, 1.807) is 0 Å². The van der Waals surface area contributed by atoms with Crippen molar-refractivity contribution in [2.24, 2.45) is 4.99 Å². The second kappa shape index (κ2) is 9.08. The molecule has 6 nitrogen and oxygen atoms in total. The molecule has 1 aromatic heterocycles. The molecule has 0 aliphatic rings. The van der Waals surface area contributed by atoms with E-state index in [2.05, 4.69) is 9.73 Å². The summed E-state index contributed by atoms with van der Waals surface area (Å²) in [6.45, 7) is 1.49. The van der Waals surface area contributed by atoms with E-state index < -0.39 is 53.2 Å². The highest BCUT2D eigenvalue weighted by molar-refractivity contribution is 7.16. The molecule has 1 atom stereocenters. The van der Waals surface area contributed by atoms with Gasteiger partial charge in [-0.15, -0.1) is 13.2 Å².